The van der Waals surface area contributed by atoms with Crippen molar-refractivity contribution in [3.63, 3.8) is 0 Å². The second-order valence-electron chi connectivity index (χ2n) is 6.13. The Bertz CT molecular complexity index is 1030. The Hall–Kier alpha value is -3.11. The average molecular weight is 377 g/mol. The highest BCUT2D eigenvalue weighted by Crippen LogP contribution is 2.28. The number of hydrogen-bond donors (Lipinski definition) is 0. The summed E-state index contributed by atoms with van der Waals surface area (Å²) in [6, 6.07) is 25.0. The zero-order chi connectivity index (χ0) is 18.6. The number of aromatic nitrogens is 2. The molecule has 4 rings (SSSR count). The minimum absolute atomic E-state index is 0.0589. The van der Waals surface area contributed by atoms with Crippen molar-refractivity contribution in [2.24, 2.45) is 0 Å². The van der Waals surface area contributed by atoms with Gasteiger partial charge in [0.15, 0.2) is 0 Å². The third kappa shape index (κ3) is 4.01. The van der Waals surface area contributed by atoms with E-state index in [0.29, 0.717) is 16.7 Å². The van der Waals surface area contributed by atoms with Crippen molar-refractivity contribution in [2.75, 3.05) is 0 Å². The maximum Gasteiger partial charge on any atom is 0.258 e. The van der Waals surface area contributed by atoms with Gasteiger partial charge in [-0.15, -0.1) is 0 Å². The van der Waals surface area contributed by atoms with Crippen molar-refractivity contribution >= 4 is 11.6 Å². The van der Waals surface area contributed by atoms with Crippen molar-refractivity contribution < 1.29 is 9.26 Å². The number of benzene rings is 3. The van der Waals surface area contributed by atoms with Crippen molar-refractivity contribution in [1.82, 2.24) is 10.1 Å². The predicted octanol–water partition coefficient (Wildman–Crippen LogP) is 6.20. The Morgan fingerprint density at radius 3 is 2.44 bits per heavy atom. The first-order valence-electron chi connectivity index (χ1n) is 8.61. The highest BCUT2D eigenvalue weighted by molar-refractivity contribution is 6.30. The van der Waals surface area contributed by atoms with Crippen LogP contribution in [0, 0.1) is 0 Å². The van der Waals surface area contributed by atoms with Gasteiger partial charge >= 0.3 is 0 Å². The van der Waals surface area contributed by atoms with E-state index in [1.807, 2.05) is 73.7 Å². The first kappa shape index (κ1) is 17.3. The van der Waals surface area contributed by atoms with Gasteiger partial charge in [0.25, 0.3) is 5.89 Å². The molecule has 1 heterocycles. The van der Waals surface area contributed by atoms with E-state index < -0.39 is 0 Å². The highest BCUT2D eigenvalue weighted by atomic mass is 35.5. The summed E-state index contributed by atoms with van der Waals surface area (Å²) >= 11 is 5.92. The molecule has 4 nitrogen and oxygen atoms in total. The Balaban J connectivity index is 1.55. The molecule has 5 heteroatoms. The second kappa shape index (κ2) is 7.64. The van der Waals surface area contributed by atoms with Gasteiger partial charge < -0.3 is 9.26 Å². The quantitative estimate of drug-likeness (QED) is 0.416. The van der Waals surface area contributed by atoms with Gasteiger partial charge in [0.1, 0.15) is 11.9 Å². The van der Waals surface area contributed by atoms with Gasteiger partial charge in [-0.1, -0.05) is 59.2 Å². The van der Waals surface area contributed by atoms with E-state index >= 15 is 0 Å². The monoisotopic (exact) mass is 376 g/mol. The van der Waals surface area contributed by atoms with Gasteiger partial charge in [-0.3, -0.25) is 0 Å². The molecule has 134 valence electrons. The van der Waals surface area contributed by atoms with Gasteiger partial charge in [0, 0.05) is 16.1 Å². The van der Waals surface area contributed by atoms with Crippen molar-refractivity contribution in [3.8, 4) is 28.6 Å². The van der Waals surface area contributed by atoms with Crippen molar-refractivity contribution in [2.45, 2.75) is 13.0 Å². The summed E-state index contributed by atoms with van der Waals surface area (Å²) in [5.41, 5.74) is 2.77. The molecule has 0 aliphatic rings. The van der Waals surface area contributed by atoms with Crippen LogP contribution < -0.4 is 4.74 Å². The minimum atomic E-state index is -0.0589. The van der Waals surface area contributed by atoms with E-state index in [1.165, 1.54) is 0 Å². The smallest absolute Gasteiger partial charge is 0.258 e. The normalized spacial score (nSPS) is 11.9. The molecule has 0 aliphatic heterocycles. The topological polar surface area (TPSA) is 48.2 Å². The molecule has 0 saturated carbocycles. The highest BCUT2D eigenvalue weighted by Gasteiger charge is 2.12. The SMILES string of the molecule is C[C@@H](Oc1cccc(-c2noc(-c3ccc(Cl)cc3)n2)c1)c1ccccc1. The molecule has 0 fully saturated rings. The third-order valence-corrected chi connectivity index (χ3v) is 4.44. The van der Waals surface area contributed by atoms with Crippen LogP contribution in [0.4, 0.5) is 0 Å². The van der Waals surface area contributed by atoms with Crippen molar-refractivity contribution in [1.29, 1.82) is 0 Å². The van der Waals surface area contributed by atoms with Crippen LogP contribution in [0.5, 0.6) is 5.75 Å². The fourth-order valence-electron chi connectivity index (χ4n) is 2.76. The molecule has 0 radical (unpaired) electrons. The Morgan fingerprint density at radius 2 is 1.67 bits per heavy atom. The van der Waals surface area contributed by atoms with Crippen LogP contribution in [0.25, 0.3) is 22.8 Å². The molecule has 0 N–H and O–H groups in total. The molecule has 1 aromatic heterocycles. The first-order chi connectivity index (χ1) is 13.2. The lowest BCUT2D eigenvalue weighted by atomic mass is 10.1. The maximum atomic E-state index is 6.07. The van der Waals surface area contributed by atoms with Crippen molar-refractivity contribution in [3.05, 3.63) is 89.4 Å². The van der Waals surface area contributed by atoms with Crippen LogP contribution in [0.2, 0.25) is 5.02 Å². The lowest BCUT2D eigenvalue weighted by Crippen LogP contribution is -2.02. The molecule has 0 spiro atoms. The summed E-state index contributed by atoms with van der Waals surface area (Å²) in [5.74, 6) is 1.71. The lowest BCUT2D eigenvalue weighted by Gasteiger charge is -2.15. The Kier molecular flexibility index (Phi) is 4.90. The standard InChI is InChI=1S/C22H17ClN2O2/c1-15(16-6-3-2-4-7-16)26-20-9-5-8-18(14-20)21-24-22(27-25-21)17-10-12-19(23)13-11-17/h2-15H,1H3/t15-/m1/s1. The number of ether oxygens (including phenoxy) is 1. The zero-order valence-electron chi connectivity index (χ0n) is 14.7. The third-order valence-electron chi connectivity index (χ3n) is 4.19. The van der Waals surface area contributed by atoms with Gasteiger partial charge in [-0.2, -0.15) is 4.98 Å². The average Bonchev–Trinajstić information content (AvgIpc) is 3.20. The van der Waals surface area contributed by atoms with Crippen LogP contribution in [-0.4, -0.2) is 10.1 Å². The molecule has 3 aromatic carbocycles. The summed E-state index contributed by atoms with van der Waals surface area (Å²) in [7, 11) is 0. The lowest BCUT2D eigenvalue weighted by molar-refractivity contribution is 0.227. The van der Waals surface area contributed by atoms with Crippen LogP contribution in [-0.2, 0) is 0 Å². The molecule has 0 bridgehead atoms. The zero-order valence-corrected chi connectivity index (χ0v) is 15.4. The van der Waals surface area contributed by atoms with Gasteiger partial charge in [-0.05, 0) is 48.9 Å². The fourth-order valence-corrected chi connectivity index (χ4v) is 2.88. The summed E-state index contributed by atoms with van der Waals surface area (Å²) in [4.78, 5) is 4.48. The van der Waals surface area contributed by atoms with E-state index in [0.717, 1.165) is 22.4 Å². The molecule has 27 heavy (non-hydrogen) atoms. The number of halogens is 1. The summed E-state index contributed by atoms with van der Waals surface area (Å²) < 4.78 is 11.5. The van der Waals surface area contributed by atoms with E-state index in [-0.39, 0.29) is 6.10 Å². The second-order valence-corrected chi connectivity index (χ2v) is 6.57. The van der Waals surface area contributed by atoms with Crippen LogP contribution in [0.1, 0.15) is 18.6 Å². The summed E-state index contributed by atoms with van der Waals surface area (Å²) in [6.45, 7) is 2.02. The molecule has 0 saturated heterocycles. The molecular weight excluding hydrogens is 360 g/mol. The van der Waals surface area contributed by atoms with Gasteiger partial charge in [0.05, 0.1) is 0 Å². The number of rotatable bonds is 5. The van der Waals surface area contributed by atoms with E-state index in [1.54, 1.807) is 12.1 Å². The molecule has 0 unspecified atom stereocenters. The molecule has 1 atom stereocenters. The van der Waals surface area contributed by atoms with E-state index in [2.05, 4.69) is 10.1 Å². The van der Waals surface area contributed by atoms with Crippen LogP contribution in [0.3, 0.4) is 0 Å². The van der Waals surface area contributed by atoms with Gasteiger partial charge in [0.2, 0.25) is 5.82 Å². The Labute approximate surface area is 162 Å². The molecule has 0 amide bonds. The molecule has 0 aliphatic carbocycles. The van der Waals surface area contributed by atoms with Crippen LogP contribution >= 0.6 is 11.6 Å². The predicted molar refractivity (Wildman–Crippen MR) is 106 cm³/mol. The number of nitrogens with zero attached hydrogens (tertiary/aromatic N) is 2. The largest absolute Gasteiger partial charge is 0.486 e. The maximum absolute atomic E-state index is 6.07. The van der Waals surface area contributed by atoms with Gasteiger partial charge in [-0.25, -0.2) is 0 Å². The molecular formula is C22H17ClN2O2. The number of hydrogen-bond acceptors (Lipinski definition) is 4. The Morgan fingerprint density at radius 1 is 0.889 bits per heavy atom. The van der Waals surface area contributed by atoms with E-state index in [4.69, 9.17) is 20.9 Å². The fraction of sp³-hybridized carbons (Fsp3) is 0.0909. The molecule has 4 aromatic rings. The van der Waals surface area contributed by atoms with E-state index in [9.17, 15) is 0 Å². The summed E-state index contributed by atoms with van der Waals surface area (Å²) in [6.07, 6.45) is -0.0589. The summed E-state index contributed by atoms with van der Waals surface area (Å²) in [5, 5.41) is 4.75. The first-order valence-corrected chi connectivity index (χ1v) is 8.98. The minimum Gasteiger partial charge on any atom is -0.486 e. The van der Waals surface area contributed by atoms with Crippen LogP contribution in [0.15, 0.2) is 83.4 Å².